The number of carboxylic acids is 1. The average molecular weight is 384 g/mol. The molecule has 1 aliphatic carbocycles. The summed E-state index contributed by atoms with van der Waals surface area (Å²) in [6.07, 6.45) is 0. The van der Waals surface area contributed by atoms with Crippen LogP contribution < -0.4 is 9.47 Å². The van der Waals surface area contributed by atoms with Crippen molar-refractivity contribution in [2.24, 2.45) is 0 Å². The number of ketones is 2. The third kappa shape index (κ3) is 3.21. The zero-order valence-electron chi connectivity index (χ0n) is 13.0. The lowest BCUT2D eigenvalue weighted by atomic mass is 9.82. The SMILES string of the molecule is O=C(O)c1cc(OC(F)F)c2c(c1)C(=O)c1cccc(OC(F)F)c1C2=O. The lowest BCUT2D eigenvalue weighted by molar-refractivity contribution is -0.0503. The van der Waals surface area contributed by atoms with Gasteiger partial charge in [0, 0.05) is 11.1 Å². The van der Waals surface area contributed by atoms with E-state index in [1.165, 1.54) is 6.07 Å². The first kappa shape index (κ1) is 18.4. The predicted octanol–water partition coefficient (Wildman–Crippen LogP) is 3.36. The van der Waals surface area contributed by atoms with Crippen LogP contribution in [-0.4, -0.2) is 35.9 Å². The van der Waals surface area contributed by atoms with Gasteiger partial charge in [-0.2, -0.15) is 17.6 Å². The van der Waals surface area contributed by atoms with Crippen LogP contribution in [-0.2, 0) is 0 Å². The molecular formula is C17H8F4O6. The van der Waals surface area contributed by atoms with Crippen LogP contribution in [0.2, 0.25) is 0 Å². The number of fused-ring (bicyclic) bond motifs is 2. The van der Waals surface area contributed by atoms with E-state index in [0.29, 0.717) is 6.07 Å². The van der Waals surface area contributed by atoms with Crippen LogP contribution >= 0.6 is 0 Å². The lowest BCUT2D eigenvalue weighted by Crippen LogP contribution is -2.24. The first-order valence-electron chi connectivity index (χ1n) is 7.24. The van der Waals surface area contributed by atoms with E-state index >= 15 is 0 Å². The second-order valence-corrected chi connectivity index (χ2v) is 5.30. The molecule has 27 heavy (non-hydrogen) atoms. The quantitative estimate of drug-likeness (QED) is 0.679. The zero-order chi connectivity index (χ0) is 19.9. The maximum atomic E-state index is 12.8. The van der Waals surface area contributed by atoms with Crippen molar-refractivity contribution in [1.82, 2.24) is 0 Å². The fourth-order valence-corrected chi connectivity index (χ4v) is 2.76. The van der Waals surface area contributed by atoms with Crippen LogP contribution in [0.4, 0.5) is 17.6 Å². The number of halogens is 4. The molecule has 0 heterocycles. The molecule has 2 aromatic rings. The number of carboxylic acid groups (broad SMARTS) is 1. The van der Waals surface area contributed by atoms with Crippen molar-refractivity contribution in [3.8, 4) is 11.5 Å². The Hall–Kier alpha value is -3.43. The van der Waals surface area contributed by atoms with Gasteiger partial charge in [-0.05, 0) is 18.2 Å². The minimum Gasteiger partial charge on any atom is -0.478 e. The van der Waals surface area contributed by atoms with Crippen LogP contribution in [0.5, 0.6) is 11.5 Å². The highest BCUT2D eigenvalue weighted by Crippen LogP contribution is 2.39. The van der Waals surface area contributed by atoms with Gasteiger partial charge in [0.1, 0.15) is 11.5 Å². The van der Waals surface area contributed by atoms with Crippen molar-refractivity contribution in [3.05, 3.63) is 58.1 Å². The van der Waals surface area contributed by atoms with Gasteiger partial charge in [-0.1, -0.05) is 12.1 Å². The maximum Gasteiger partial charge on any atom is 0.387 e. The van der Waals surface area contributed by atoms with Gasteiger partial charge in [-0.25, -0.2) is 4.79 Å². The number of benzene rings is 2. The largest absolute Gasteiger partial charge is 0.478 e. The van der Waals surface area contributed by atoms with Gasteiger partial charge in [0.15, 0.2) is 5.78 Å². The maximum absolute atomic E-state index is 12.8. The zero-order valence-corrected chi connectivity index (χ0v) is 13.0. The van der Waals surface area contributed by atoms with Gasteiger partial charge in [0.05, 0.1) is 16.7 Å². The van der Waals surface area contributed by atoms with Crippen LogP contribution in [0.15, 0.2) is 30.3 Å². The Morgan fingerprint density at radius 3 is 2.04 bits per heavy atom. The lowest BCUT2D eigenvalue weighted by Gasteiger charge is -2.22. The highest BCUT2D eigenvalue weighted by atomic mass is 19.3. The molecule has 2 aromatic carbocycles. The number of ether oxygens (including phenoxy) is 2. The van der Waals surface area contributed by atoms with E-state index in [0.717, 1.165) is 18.2 Å². The monoisotopic (exact) mass is 384 g/mol. The molecule has 0 unspecified atom stereocenters. The second-order valence-electron chi connectivity index (χ2n) is 5.30. The Bertz CT molecular complexity index is 970. The summed E-state index contributed by atoms with van der Waals surface area (Å²) >= 11 is 0. The smallest absolute Gasteiger partial charge is 0.387 e. The standard InChI is InChI=1S/C17H8F4O6/c18-16(19)26-9-3-1-2-7-11(9)14(23)12-8(13(7)22)4-6(15(24)25)5-10(12)27-17(20)21/h1-5,16-17H,(H,24,25). The molecule has 1 N–H and O–H groups in total. The molecule has 3 rings (SSSR count). The van der Waals surface area contributed by atoms with Gasteiger partial charge >= 0.3 is 19.2 Å². The van der Waals surface area contributed by atoms with Crippen LogP contribution in [0.3, 0.4) is 0 Å². The first-order chi connectivity index (χ1) is 12.7. The molecule has 1 aliphatic rings. The molecule has 0 atom stereocenters. The number of carbonyl (C=O) groups excluding carboxylic acids is 2. The van der Waals surface area contributed by atoms with Crippen molar-refractivity contribution in [2.45, 2.75) is 13.2 Å². The molecule has 0 bridgehead atoms. The minimum absolute atomic E-state index is 0.323. The number of aromatic carboxylic acids is 1. The highest BCUT2D eigenvalue weighted by Gasteiger charge is 2.37. The van der Waals surface area contributed by atoms with Crippen molar-refractivity contribution in [1.29, 1.82) is 0 Å². The highest BCUT2D eigenvalue weighted by molar-refractivity contribution is 6.30. The Morgan fingerprint density at radius 1 is 0.852 bits per heavy atom. The number of carbonyl (C=O) groups is 3. The van der Waals surface area contributed by atoms with Crippen molar-refractivity contribution >= 4 is 17.5 Å². The van der Waals surface area contributed by atoms with Crippen molar-refractivity contribution < 1.29 is 46.5 Å². The average Bonchev–Trinajstić information content (AvgIpc) is 2.57. The molecule has 0 aromatic heterocycles. The molecule has 0 fully saturated rings. The molecule has 0 spiro atoms. The van der Waals surface area contributed by atoms with Gasteiger partial charge < -0.3 is 14.6 Å². The van der Waals surface area contributed by atoms with E-state index in [1.54, 1.807) is 0 Å². The van der Waals surface area contributed by atoms with E-state index in [9.17, 15) is 31.9 Å². The molecule has 0 aliphatic heterocycles. The van der Waals surface area contributed by atoms with E-state index in [2.05, 4.69) is 9.47 Å². The third-order valence-electron chi connectivity index (χ3n) is 3.75. The molecule has 0 radical (unpaired) electrons. The molecule has 6 nitrogen and oxygen atoms in total. The third-order valence-corrected chi connectivity index (χ3v) is 3.75. The number of hydrogen-bond donors (Lipinski definition) is 1. The Kier molecular flexibility index (Phi) is 4.56. The summed E-state index contributed by atoms with van der Waals surface area (Å²) in [5.74, 6) is -5.00. The van der Waals surface area contributed by atoms with Gasteiger partial charge in [-0.15, -0.1) is 0 Å². The number of alkyl halides is 4. The summed E-state index contributed by atoms with van der Waals surface area (Å²) in [4.78, 5) is 36.7. The predicted molar refractivity (Wildman–Crippen MR) is 80.0 cm³/mol. The van der Waals surface area contributed by atoms with E-state index < -0.39 is 64.5 Å². The Balaban J connectivity index is 2.28. The van der Waals surface area contributed by atoms with Gasteiger partial charge in [-0.3, -0.25) is 9.59 Å². The molecule has 0 saturated carbocycles. The Morgan fingerprint density at radius 2 is 1.44 bits per heavy atom. The summed E-state index contributed by atoms with van der Waals surface area (Å²) in [5, 5.41) is 9.09. The molecule has 0 saturated heterocycles. The van der Waals surface area contributed by atoms with Gasteiger partial charge in [0.2, 0.25) is 5.78 Å². The van der Waals surface area contributed by atoms with E-state index in [-0.39, 0.29) is 5.56 Å². The topological polar surface area (TPSA) is 89.9 Å². The normalized spacial score (nSPS) is 12.8. The van der Waals surface area contributed by atoms with Crippen LogP contribution in [0.25, 0.3) is 0 Å². The van der Waals surface area contributed by atoms with Crippen LogP contribution in [0.1, 0.15) is 42.2 Å². The van der Waals surface area contributed by atoms with Crippen molar-refractivity contribution in [2.75, 3.05) is 0 Å². The number of rotatable bonds is 5. The number of hydrogen-bond acceptors (Lipinski definition) is 5. The molecule has 0 amide bonds. The summed E-state index contributed by atoms with van der Waals surface area (Å²) in [6, 6.07) is 4.84. The summed E-state index contributed by atoms with van der Waals surface area (Å²) in [7, 11) is 0. The fraction of sp³-hybridized carbons (Fsp3) is 0.118. The first-order valence-corrected chi connectivity index (χ1v) is 7.24. The summed E-state index contributed by atoms with van der Waals surface area (Å²) < 4.78 is 59.0. The summed E-state index contributed by atoms with van der Waals surface area (Å²) in [6.45, 7) is -6.72. The minimum atomic E-state index is -3.42. The van der Waals surface area contributed by atoms with E-state index in [1.807, 2.05) is 0 Å². The Labute approximate surface area is 147 Å². The van der Waals surface area contributed by atoms with Gasteiger partial charge in [0.25, 0.3) is 0 Å². The molecule has 140 valence electrons. The van der Waals surface area contributed by atoms with Crippen LogP contribution in [0, 0.1) is 0 Å². The molecular weight excluding hydrogens is 376 g/mol. The summed E-state index contributed by atoms with van der Waals surface area (Å²) in [5.41, 5.74) is -2.57. The fourth-order valence-electron chi connectivity index (χ4n) is 2.76. The second kappa shape index (κ2) is 6.71. The van der Waals surface area contributed by atoms with E-state index in [4.69, 9.17) is 5.11 Å². The molecule has 10 heteroatoms. The van der Waals surface area contributed by atoms with Crippen molar-refractivity contribution in [3.63, 3.8) is 0 Å².